The Hall–Kier alpha value is -3.27. The van der Waals surface area contributed by atoms with Crippen molar-refractivity contribution < 1.29 is 31.3 Å². The first-order valence-electron chi connectivity index (χ1n) is 10.7. The monoisotopic (exact) mass is 533 g/mol. The van der Waals surface area contributed by atoms with Crippen LogP contribution in [0.1, 0.15) is 10.4 Å². The van der Waals surface area contributed by atoms with Gasteiger partial charge in [-0.1, -0.05) is 72.8 Å². The predicted octanol–water partition coefficient (Wildman–Crippen LogP) is 0.914. The lowest BCUT2D eigenvalue weighted by Gasteiger charge is -2.33. The van der Waals surface area contributed by atoms with Gasteiger partial charge in [0.15, 0.2) is 0 Å². The van der Waals surface area contributed by atoms with Gasteiger partial charge >= 0.3 is 5.97 Å². The molecule has 0 bridgehead atoms. The molecule has 0 fully saturated rings. The number of ether oxygens (including phenoxy) is 1. The lowest BCUT2D eigenvalue weighted by atomic mass is 10.2. The predicted molar refractivity (Wildman–Crippen MR) is 135 cm³/mol. The van der Waals surface area contributed by atoms with E-state index >= 15 is 0 Å². The molecular weight excluding hydrogens is 509 g/mol. The van der Waals surface area contributed by atoms with Gasteiger partial charge in [-0.15, -0.1) is 0 Å². The van der Waals surface area contributed by atoms with E-state index in [9.17, 15) is 9.59 Å². The molecule has 34 heavy (non-hydrogen) atoms. The zero-order valence-corrected chi connectivity index (χ0v) is 21.2. The Balaban J connectivity index is 0.00000324. The van der Waals surface area contributed by atoms with Gasteiger partial charge < -0.3 is 27.0 Å². The maximum Gasteiger partial charge on any atom is 0.369 e. The van der Waals surface area contributed by atoms with Crippen LogP contribution >= 0.6 is 7.26 Å². The maximum atomic E-state index is 13.4. The zero-order chi connectivity index (χ0) is 23.1. The summed E-state index contributed by atoms with van der Waals surface area (Å²) in [5.74, 6) is -1.72. The van der Waals surface area contributed by atoms with E-state index in [1.165, 1.54) is 7.11 Å². The van der Waals surface area contributed by atoms with Crippen molar-refractivity contribution in [3.05, 3.63) is 127 Å². The molecule has 4 nitrogen and oxygen atoms in total. The van der Waals surface area contributed by atoms with Gasteiger partial charge in [-0.05, 0) is 48.5 Å². The second-order valence-corrected chi connectivity index (χ2v) is 11.0. The molecule has 0 heterocycles. The van der Waals surface area contributed by atoms with Crippen LogP contribution in [0.25, 0.3) is 0 Å². The Bertz CT molecular complexity index is 1110. The zero-order valence-electron chi connectivity index (χ0n) is 18.7. The second kappa shape index (κ2) is 11.7. The summed E-state index contributed by atoms with van der Waals surface area (Å²) in [6.07, 6.45) is 0. The van der Waals surface area contributed by atoms with Crippen molar-refractivity contribution in [3.63, 3.8) is 0 Å². The van der Waals surface area contributed by atoms with Gasteiger partial charge in [0, 0.05) is 5.56 Å². The Morgan fingerprint density at radius 2 is 1.00 bits per heavy atom. The number of amides is 1. The third-order valence-corrected chi connectivity index (χ3v) is 10.1. The minimum absolute atomic E-state index is 0. The summed E-state index contributed by atoms with van der Waals surface area (Å²) in [7, 11) is -1.36. The summed E-state index contributed by atoms with van der Waals surface area (Å²) in [6, 6.07) is 38.7. The molecular formula is C28H25BrNO3P. The minimum atomic E-state index is -2.72. The summed E-state index contributed by atoms with van der Waals surface area (Å²) >= 11 is 0. The number of rotatable bonds is 7. The first-order chi connectivity index (χ1) is 16.2. The van der Waals surface area contributed by atoms with Crippen molar-refractivity contribution in [1.82, 2.24) is 5.32 Å². The van der Waals surface area contributed by atoms with Crippen LogP contribution in [0, 0.1) is 0 Å². The van der Waals surface area contributed by atoms with Crippen molar-refractivity contribution >= 4 is 35.1 Å². The molecule has 4 aromatic rings. The van der Waals surface area contributed by atoms with E-state index in [0.717, 1.165) is 15.9 Å². The van der Waals surface area contributed by atoms with Gasteiger partial charge in [-0.25, -0.2) is 4.79 Å². The highest BCUT2D eigenvalue weighted by molar-refractivity contribution is 7.96. The van der Waals surface area contributed by atoms with Crippen LogP contribution in [-0.4, -0.2) is 24.8 Å². The molecule has 4 rings (SSSR count). The molecule has 4 aromatic carbocycles. The van der Waals surface area contributed by atoms with Crippen LogP contribution < -0.4 is 38.2 Å². The molecule has 0 saturated heterocycles. The van der Waals surface area contributed by atoms with Gasteiger partial charge in [0.1, 0.15) is 23.2 Å². The Morgan fingerprint density at radius 3 is 1.35 bits per heavy atom. The number of halogens is 1. The number of methoxy groups -OCH3 is 1. The third-order valence-electron chi connectivity index (χ3n) is 5.61. The molecule has 0 aliphatic carbocycles. The van der Waals surface area contributed by atoms with E-state index in [-0.39, 0.29) is 22.9 Å². The number of hydrogen-bond donors (Lipinski definition) is 1. The van der Waals surface area contributed by atoms with E-state index in [2.05, 4.69) is 5.32 Å². The molecule has 6 heteroatoms. The lowest BCUT2D eigenvalue weighted by molar-refractivity contribution is -0.140. The topological polar surface area (TPSA) is 55.4 Å². The first-order valence-corrected chi connectivity index (χ1v) is 12.5. The van der Waals surface area contributed by atoms with Crippen LogP contribution in [0.4, 0.5) is 0 Å². The summed E-state index contributed by atoms with van der Waals surface area (Å²) < 4.78 is 5.29. The molecule has 0 aromatic heterocycles. The van der Waals surface area contributed by atoms with Crippen molar-refractivity contribution in [2.75, 3.05) is 7.11 Å². The number of esters is 1. The SMILES string of the molecule is COC(=O)C(NC(=O)c1ccccc1)[P+](c1ccccc1)(c1ccccc1)c1ccccc1.[Br-]. The van der Waals surface area contributed by atoms with E-state index < -0.39 is 19.0 Å². The van der Waals surface area contributed by atoms with Crippen molar-refractivity contribution in [2.45, 2.75) is 5.78 Å². The largest absolute Gasteiger partial charge is 1.00 e. The molecule has 0 aliphatic heterocycles. The molecule has 1 atom stereocenters. The fourth-order valence-electron chi connectivity index (χ4n) is 4.11. The van der Waals surface area contributed by atoms with E-state index in [4.69, 9.17) is 4.74 Å². The molecule has 172 valence electrons. The number of benzene rings is 4. The molecule has 0 saturated carbocycles. The number of carbonyl (C=O) groups is 2. The van der Waals surface area contributed by atoms with E-state index in [1.807, 2.05) is 97.1 Å². The highest BCUT2D eigenvalue weighted by Gasteiger charge is 2.57. The molecule has 0 radical (unpaired) electrons. The summed E-state index contributed by atoms with van der Waals surface area (Å²) in [4.78, 5) is 26.8. The third kappa shape index (κ3) is 4.96. The molecule has 1 amide bonds. The first kappa shape index (κ1) is 25.4. The second-order valence-electron chi connectivity index (χ2n) is 7.49. The smallest absolute Gasteiger partial charge is 0.369 e. The normalized spacial score (nSPS) is 11.6. The van der Waals surface area contributed by atoms with Crippen molar-refractivity contribution in [3.8, 4) is 0 Å². The van der Waals surface area contributed by atoms with Crippen LogP contribution in [-0.2, 0) is 9.53 Å². The maximum absolute atomic E-state index is 13.4. The standard InChI is InChI=1S/C28H24NO3P.BrH/c1-32-28(31)27(29-26(30)22-14-6-2-7-15-22)33(23-16-8-3-9-17-23,24-18-10-4-11-19-24)25-20-12-5-13-21-25;/h2-21,27H,1H3;1H. The summed E-state index contributed by atoms with van der Waals surface area (Å²) in [5.41, 5.74) is 0.485. The van der Waals surface area contributed by atoms with Crippen molar-refractivity contribution in [1.29, 1.82) is 0 Å². The van der Waals surface area contributed by atoms with E-state index in [1.54, 1.807) is 24.3 Å². The average molecular weight is 534 g/mol. The number of carbonyl (C=O) groups excluding carboxylic acids is 2. The fourth-order valence-corrected chi connectivity index (χ4v) is 8.55. The van der Waals surface area contributed by atoms with Crippen molar-refractivity contribution in [2.24, 2.45) is 0 Å². The number of hydrogen-bond acceptors (Lipinski definition) is 3. The van der Waals surface area contributed by atoms with Gasteiger partial charge in [0.2, 0.25) is 0 Å². The Morgan fingerprint density at radius 1 is 0.647 bits per heavy atom. The molecule has 1 unspecified atom stereocenters. The van der Waals surface area contributed by atoms with E-state index in [0.29, 0.717) is 5.56 Å². The lowest BCUT2D eigenvalue weighted by Crippen LogP contribution is -3.00. The minimum Gasteiger partial charge on any atom is -1.00 e. The van der Waals surface area contributed by atoms with Gasteiger partial charge in [-0.3, -0.25) is 4.79 Å². The Labute approximate surface area is 211 Å². The molecule has 1 N–H and O–H groups in total. The Kier molecular flexibility index (Phi) is 8.75. The van der Waals surface area contributed by atoms with Crippen LogP contribution in [0.15, 0.2) is 121 Å². The average Bonchev–Trinajstić information content (AvgIpc) is 2.90. The van der Waals surface area contributed by atoms with Crippen LogP contribution in [0.3, 0.4) is 0 Å². The molecule has 0 spiro atoms. The van der Waals surface area contributed by atoms with Gasteiger partial charge in [0.05, 0.1) is 7.11 Å². The fraction of sp³-hybridized carbons (Fsp3) is 0.0714. The van der Waals surface area contributed by atoms with Gasteiger partial charge in [-0.2, -0.15) is 0 Å². The van der Waals surface area contributed by atoms with Crippen LogP contribution in [0.5, 0.6) is 0 Å². The quantitative estimate of drug-likeness (QED) is 0.284. The molecule has 0 aliphatic rings. The highest BCUT2D eigenvalue weighted by Crippen LogP contribution is 2.59. The number of nitrogens with one attached hydrogen (secondary N) is 1. The summed E-state index contributed by atoms with van der Waals surface area (Å²) in [6.45, 7) is 0. The van der Waals surface area contributed by atoms with Gasteiger partial charge in [0.25, 0.3) is 11.7 Å². The van der Waals surface area contributed by atoms with Crippen LogP contribution in [0.2, 0.25) is 0 Å². The highest BCUT2D eigenvalue weighted by atomic mass is 79.9. The summed E-state index contributed by atoms with van der Waals surface area (Å²) in [5, 5.41) is 5.99.